The number of hydrogen-bond acceptors (Lipinski definition) is 3. The molecular formula is C30H33N3O2. The molecule has 1 saturated heterocycles. The van der Waals surface area contributed by atoms with Crippen LogP contribution in [0.4, 0.5) is 5.69 Å². The maximum Gasteiger partial charge on any atom is 0.227 e. The first-order chi connectivity index (χ1) is 17.0. The van der Waals surface area contributed by atoms with E-state index < -0.39 is 0 Å². The van der Waals surface area contributed by atoms with Gasteiger partial charge in [-0.3, -0.25) is 4.79 Å². The Kier molecular flexibility index (Phi) is 6.58. The molecule has 180 valence electrons. The summed E-state index contributed by atoms with van der Waals surface area (Å²) in [5.74, 6) is 2.14. The zero-order valence-corrected chi connectivity index (χ0v) is 20.8. The number of anilines is 1. The van der Waals surface area contributed by atoms with E-state index in [2.05, 4.69) is 73.9 Å². The molecule has 1 amide bonds. The van der Waals surface area contributed by atoms with Crippen molar-refractivity contribution < 1.29 is 9.53 Å². The van der Waals surface area contributed by atoms with E-state index >= 15 is 0 Å². The van der Waals surface area contributed by atoms with Crippen molar-refractivity contribution in [2.75, 3.05) is 18.1 Å². The van der Waals surface area contributed by atoms with Gasteiger partial charge >= 0.3 is 0 Å². The minimum absolute atomic E-state index is 0.0685. The van der Waals surface area contributed by atoms with Gasteiger partial charge in [-0.05, 0) is 79.8 Å². The van der Waals surface area contributed by atoms with Crippen molar-refractivity contribution in [3.05, 3.63) is 89.2 Å². The number of carbonyl (C=O) groups excluding carboxylic acids is 1. The minimum Gasteiger partial charge on any atom is -0.494 e. The summed E-state index contributed by atoms with van der Waals surface area (Å²) in [6, 6.07) is 22.8. The number of aromatic nitrogens is 2. The summed E-state index contributed by atoms with van der Waals surface area (Å²) < 4.78 is 8.29. The van der Waals surface area contributed by atoms with E-state index in [-0.39, 0.29) is 11.8 Å². The molecule has 2 heterocycles. The Morgan fingerprint density at radius 1 is 1.00 bits per heavy atom. The van der Waals surface area contributed by atoms with Crippen LogP contribution in [0, 0.1) is 13.8 Å². The van der Waals surface area contributed by atoms with Crippen LogP contribution in [0.1, 0.15) is 48.2 Å². The molecule has 5 heteroatoms. The number of amides is 1. The number of rotatable bonds is 8. The van der Waals surface area contributed by atoms with Crippen molar-refractivity contribution >= 4 is 22.6 Å². The van der Waals surface area contributed by atoms with E-state index in [0.717, 1.165) is 47.7 Å². The lowest BCUT2D eigenvalue weighted by Gasteiger charge is -2.18. The van der Waals surface area contributed by atoms with Crippen molar-refractivity contribution in [3.8, 4) is 5.75 Å². The number of nitrogens with zero attached hydrogens (tertiary/aromatic N) is 3. The van der Waals surface area contributed by atoms with Gasteiger partial charge < -0.3 is 14.2 Å². The van der Waals surface area contributed by atoms with Crippen LogP contribution in [-0.4, -0.2) is 28.6 Å². The SMILES string of the molecule is CCc1ccc(OCCCn2c(C3CC(=O)N(c4ccc(C)c(C)c4)C3)nc3ccccc32)cc1. The van der Waals surface area contributed by atoms with Gasteiger partial charge in [0, 0.05) is 31.1 Å². The Hall–Kier alpha value is -3.60. The second-order valence-corrected chi connectivity index (χ2v) is 9.48. The molecule has 4 aromatic rings. The normalized spacial score (nSPS) is 15.8. The van der Waals surface area contributed by atoms with Crippen LogP contribution >= 0.6 is 0 Å². The molecular weight excluding hydrogens is 434 g/mol. The number of imidazole rings is 1. The second kappa shape index (κ2) is 9.95. The lowest BCUT2D eigenvalue weighted by molar-refractivity contribution is -0.117. The molecule has 1 unspecified atom stereocenters. The maximum absolute atomic E-state index is 13.0. The van der Waals surface area contributed by atoms with Crippen LogP contribution in [-0.2, 0) is 17.8 Å². The predicted molar refractivity (Wildman–Crippen MR) is 141 cm³/mol. The Labute approximate surface area is 207 Å². The van der Waals surface area contributed by atoms with Crippen molar-refractivity contribution in [2.24, 2.45) is 0 Å². The molecule has 0 saturated carbocycles. The highest BCUT2D eigenvalue weighted by molar-refractivity contribution is 5.96. The lowest BCUT2D eigenvalue weighted by atomic mass is 10.1. The van der Waals surface area contributed by atoms with Crippen LogP contribution in [0.15, 0.2) is 66.7 Å². The molecule has 1 atom stereocenters. The van der Waals surface area contributed by atoms with E-state index in [4.69, 9.17) is 9.72 Å². The first-order valence-corrected chi connectivity index (χ1v) is 12.6. The Morgan fingerprint density at radius 2 is 1.80 bits per heavy atom. The fraction of sp³-hybridized carbons (Fsp3) is 0.333. The van der Waals surface area contributed by atoms with Gasteiger partial charge in [-0.25, -0.2) is 4.98 Å². The molecule has 1 aliphatic heterocycles. The number of hydrogen-bond donors (Lipinski definition) is 0. The number of fused-ring (bicyclic) bond motifs is 1. The summed E-state index contributed by atoms with van der Waals surface area (Å²) in [6.45, 7) is 8.44. The number of ether oxygens (including phenoxy) is 1. The van der Waals surface area contributed by atoms with E-state index in [1.807, 2.05) is 23.1 Å². The molecule has 0 N–H and O–H groups in total. The summed E-state index contributed by atoms with van der Waals surface area (Å²) in [5, 5.41) is 0. The molecule has 35 heavy (non-hydrogen) atoms. The molecule has 5 rings (SSSR count). The van der Waals surface area contributed by atoms with Crippen LogP contribution in [0.2, 0.25) is 0 Å². The van der Waals surface area contributed by atoms with Gasteiger partial charge in [0.25, 0.3) is 0 Å². The van der Waals surface area contributed by atoms with Gasteiger partial charge in [-0.1, -0.05) is 37.3 Å². The van der Waals surface area contributed by atoms with Crippen LogP contribution in [0.3, 0.4) is 0 Å². The van der Waals surface area contributed by atoms with Crippen molar-refractivity contribution in [2.45, 2.75) is 52.5 Å². The molecule has 0 bridgehead atoms. The maximum atomic E-state index is 13.0. The average molecular weight is 468 g/mol. The molecule has 0 aliphatic carbocycles. The van der Waals surface area contributed by atoms with E-state index in [9.17, 15) is 4.79 Å². The third-order valence-corrected chi connectivity index (χ3v) is 7.10. The van der Waals surface area contributed by atoms with E-state index in [1.54, 1.807) is 0 Å². The quantitative estimate of drug-likeness (QED) is 0.290. The molecule has 0 spiro atoms. The number of benzene rings is 3. The van der Waals surface area contributed by atoms with Crippen molar-refractivity contribution in [1.82, 2.24) is 9.55 Å². The van der Waals surface area contributed by atoms with Crippen LogP contribution in [0.25, 0.3) is 11.0 Å². The second-order valence-electron chi connectivity index (χ2n) is 9.48. The molecule has 1 fully saturated rings. The summed E-state index contributed by atoms with van der Waals surface area (Å²) >= 11 is 0. The Bertz CT molecular complexity index is 1340. The van der Waals surface area contributed by atoms with Crippen molar-refractivity contribution in [3.63, 3.8) is 0 Å². The van der Waals surface area contributed by atoms with Crippen LogP contribution < -0.4 is 9.64 Å². The topological polar surface area (TPSA) is 47.4 Å². The van der Waals surface area contributed by atoms with Gasteiger partial charge in [0.2, 0.25) is 5.91 Å². The minimum atomic E-state index is 0.0685. The zero-order chi connectivity index (χ0) is 24.4. The third kappa shape index (κ3) is 4.81. The Balaban J connectivity index is 1.32. The average Bonchev–Trinajstić information content (AvgIpc) is 3.44. The van der Waals surface area contributed by atoms with E-state index in [1.165, 1.54) is 16.7 Å². The molecule has 1 aromatic heterocycles. The molecule has 5 nitrogen and oxygen atoms in total. The standard InChI is InChI=1S/C30H33N3O2/c1-4-23-11-14-26(15-12-23)35-17-7-16-32-28-9-6-5-8-27(28)31-30(32)24-19-29(34)33(20-24)25-13-10-21(2)22(3)18-25/h5-6,8-15,18,24H,4,7,16-17,19-20H2,1-3H3. The highest BCUT2D eigenvalue weighted by Crippen LogP contribution is 2.34. The number of carbonyl (C=O) groups is 1. The third-order valence-electron chi connectivity index (χ3n) is 7.10. The predicted octanol–water partition coefficient (Wildman–Crippen LogP) is 6.21. The number of para-hydroxylation sites is 2. The molecule has 1 aliphatic rings. The molecule has 0 radical (unpaired) electrons. The summed E-state index contributed by atoms with van der Waals surface area (Å²) in [5.41, 5.74) is 6.83. The van der Waals surface area contributed by atoms with Gasteiger partial charge in [-0.15, -0.1) is 0 Å². The smallest absolute Gasteiger partial charge is 0.227 e. The summed E-state index contributed by atoms with van der Waals surface area (Å²) in [6.07, 6.45) is 2.38. The highest BCUT2D eigenvalue weighted by Gasteiger charge is 2.34. The van der Waals surface area contributed by atoms with Gasteiger partial charge in [-0.2, -0.15) is 0 Å². The number of aryl methyl sites for hydroxylation is 4. The highest BCUT2D eigenvalue weighted by atomic mass is 16.5. The van der Waals surface area contributed by atoms with Gasteiger partial charge in [0.1, 0.15) is 11.6 Å². The largest absolute Gasteiger partial charge is 0.494 e. The fourth-order valence-corrected chi connectivity index (χ4v) is 4.90. The molecule has 3 aromatic carbocycles. The van der Waals surface area contributed by atoms with Crippen molar-refractivity contribution in [1.29, 1.82) is 0 Å². The monoisotopic (exact) mass is 467 g/mol. The van der Waals surface area contributed by atoms with Gasteiger partial charge in [0.15, 0.2) is 0 Å². The summed E-state index contributed by atoms with van der Waals surface area (Å²) in [7, 11) is 0. The van der Waals surface area contributed by atoms with E-state index in [0.29, 0.717) is 19.6 Å². The van der Waals surface area contributed by atoms with Crippen LogP contribution in [0.5, 0.6) is 5.75 Å². The lowest BCUT2D eigenvalue weighted by Crippen LogP contribution is -2.24. The van der Waals surface area contributed by atoms with Gasteiger partial charge in [0.05, 0.1) is 17.6 Å². The first-order valence-electron chi connectivity index (χ1n) is 12.6. The summed E-state index contributed by atoms with van der Waals surface area (Å²) in [4.78, 5) is 19.9. The Morgan fingerprint density at radius 3 is 2.57 bits per heavy atom. The fourth-order valence-electron chi connectivity index (χ4n) is 4.90. The first kappa shape index (κ1) is 23.2. The zero-order valence-electron chi connectivity index (χ0n) is 20.8.